The zero-order valence-electron chi connectivity index (χ0n) is 8.45. The molecular weight excluding hydrogens is 152 g/mol. The summed E-state index contributed by atoms with van der Waals surface area (Å²) >= 11 is 0. The molecule has 3 N–H and O–H groups in total. The number of aliphatic hydroxyl groups excluding tert-OH is 1. The van der Waals surface area contributed by atoms with Gasteiger partial charge in [0.05, 0.1) is 6.10 Å². The first-order valence-electron chi connectivity index (χ1n) is 4.63. The van der Waals surface area contributed by atoms with Crippen LogP contribution in [0.25, 0.3) is 0 Å². The van der Waals surface area contributed by atoms with Crippen molar-refractivity contribution in [3.8, 4) is 0 Å². The molecule has 0 fully saturated rings. The molecule has 1 atom stereocenters. The van der Waals surface area contributed by atoms with Crippen LogP contribution in [-0.2, 0) is 0 Å². The van der Waals surface area contributed by atoms with E-state index in [4.69, 9.17) is 5.73 Å². The predicted octanol–water partition coefficient (Wildman–Crippen LogP) is 0.284. The van der Waals surface area contributed by atoms with Crippen LogP contribution >= 0.6 is 0 Å². The lowest BCUT2D eigenvalue weighted by Gasteiger charge is -2.19. The quantitative estimate of drug-likeness (QED) is 0.608. The third kappa shape index (κ3) is 6.58. The summed E-state index contributed by atoms with van der Waals surface area (Å²) in [7, 11) is 2.07. The van der Waals surface area contributed by atoms with Crippen LogP contribution in [0.2, 0.25) is 0 Å². The number of rotatable bonds is 6. The molecule has 0 amide bonds. The van der Waals surface area contributed by atoms with Crippen molar-refractivity contribution in [1.29, 1.82) is 0 Å². The summed E-state index contributed by atoms with van der Waals surface area (Å²) < 4.78 is 0. The normalized spacial score (nSPS) is 14.2. The fourth-order valence-electron chi connectivity index (χ4n) is 1.20. The van der Waals surface area contributed by atoms with Crippen LogP contribution in [0, 0.1) is 5.92 Å². The van der Waals surface area contributed by atoms with Crippen molar-refractivity contribution in [2.24, 2.45) is 11.7 Å². The Balaban J connectivity index is 3.36. The Kier molecular flexibility index (Phi) is 6.34. The third-order valence-electron chi connectivity index (χ3n) is 1.79. The van der Waals surface area contributed by atoms with Crippen LogP contribution in [0.3, 0.4) is 0 Å². The van der Waals surface area contributed by atoms with Crippen LogP contribution in [0.4, 0.5) is 0 Å². The Morgan fingerprint density at radius 3 is 2.42 bits per heavy atom. The lowest BCUT2D eigenvalue weighted by Crippen LogP contribution is -2.29. The Morgan fingerprint density at radius 1 is 1.42 bits per heavy atom. The summed E-state index contributed by atoms with van der Waals surface area (Å²) in [6.07, 6.45) is 0.444. The second kappa shape index (κ2) is 6.40. The molecule has 74 valence electrons. The van der Waals surface area contributed by atoms with Gasteiger partial charge in [-0.25, -0.2) is 0 Å². The Hall–Kier alpha value is -0.120. The zero-order chi connectivity index (χ0) is 9.56. The molecule has 3 nitrogen and oxygen atoms in total. The Morgan fingerprint density at radius 2 is 2.00 bits per heavy atom. The molecule has 0 saturated heterocycles. The van der Waals surface area contributed by atoms with Gasteiger partial charge in [-0.3, -0.25) is 0 Å². The number of aliphatic hydroxyl groups is 1. The molecule has 0 aromatic carbocycles. The number of nitrogens with two attached hydrogens (primary N) is 1. The minimum Gasteiger partial charge on any atom is -0.392 e. The minimum absolute atomic E-state index is 0.334. The van der Waals surface area contributed by atoms with Crippen molar-refractivity contribution < 1.29 is 5.11 Å². The van der Waals surface area contributed by atoms with E-state index in [9.17, 15) is 5.11 Å². The SMILES string of the molecule is CC(C)CN(C)CCC(O)CN. The second-order valence-corrected chi connectivity index (χ2v) is 3.83. The average Bonchev–Trinajstić information content (AvgIpc) is 1.99. The van der Waals surface area contributed by atoms with Gasteiger partial charge in [0.15, 0.2) is 0 Å². The van der Waals surface area contributed by atoms with Crippen LogP contribution in [0.15, 0.2) is 0 Å². The van der Waals surface area contributed by atoms with Crippen LogP contribution in [0.5, 0.6) is 0 Å². The Labute approximate surface area is 75.6 Å². The molecule has 3 heteroatoms. The van der Waals surface area contributed by atoms with Gasteiger partial charge in [0.1, 0.15) is 0 Å². The minimum atomic E-state index is -0.334. The highest BCUT2D eigenvalue weighted by Gasteiger charge is 2.05. The maximum absolute atomic E-state index is 9.19. The summed E-state index contributed by atoms with van der Waals surface area (Å²) in [6.45, 7) is 6.76. The highest BCUT2D eigenvalue weighted by molar-refractivity contribution is 4.60. The van der Waals surface area contributed by atoms with E-state index in [0.717, 1.165) is 19.5 Å². The Bertz CT molecular complexity index is 107. The van der Waals surface area contributed by atoms with E-state index < -0.39 is 0 Å². The van der Waals surface area contributed by atoms with E-state index in [-0.39, 0.29) is 6.10 Å². The molecule has 0 heterocycles. The van der Waals surface area contributed by atoms with E-state index >= 15 is 0 Å². The predicted molar refractivity (Wildman–Crippen MR) is 52.0 cm³/mol. The van der Waals surface area contributed by atoms with Gasteiger partial charge in [0.25, 0.3) is 0 Å². The molecule has 0 bridgehead atoms. The van der Waals surface area contributed by atoms with Gasteiger partial charge in [0, 0.05) is 19.6 Å². The molecule has 0 spiro atoms. The highest BCUT2D eigenvalue weighted by atomic mass is 16.3. The molecule has 1 unspecified atom stereocenters. The number of nitrogens with zero attached hydrogens (tertiary/aromatic N) is 1. The maximum Gasteiger partial charge on any atom is 0.0674 e. The summed E-state index contributed by atoms with van der Waals surface area (Å²) in [6, 6.07) is 0. The number of hydrogen-bond donors (Lipinski definition) is 2. The molecule has 0 aromatic heterocycles. The highest BCUT2D eigenvalue weighted by Crippen LogP contribution is 1.98. The maximum atomic E-state index is 9.19. The molecule has 0 aliphatic carbocycles. The lowest BCUT2D eigenvalue weighted by atomic mass is 10.2. The largest absolute Gasteiger partial charge is 0.392 e. The standard InChI is InChI=1S/C9H22N2O/c1-8(2)7-11(3)5-4-9(12)6-10/h8-9,12H,4-7,10H2,1-3H3. The van der Waals surface area contributed by atoms with Crippen molar-refractivity contribution >= 4 is 0 Å². The van der Waals surface area contributed by atoms with Crippen molar-refractivity contribution in [3.05, 3.63) is 0 Å². The third-order valence-corrected chi connectivity index (χ3v) is 1.79. The molecule has 0 aromatic rings. The summed E-state index contributed by atoms with van der Waals surface area (Å²) in [4.78, 5) is 2.23. The summed E-state index contributed by atoms with van der Waals surface area (Å²) in [5.74, 6) is 0.685. The van der Waals surface area contributed by atoms with Gasteiger partial charge in [0.2, 0.25) is 0 Å². The summed E-state index contributed by atoms with van der Waals surface area (Å²) in [5, 5.41) is 9.19. The topological polar surface area (TPSA) is 49.5 Å². The fourth-order valence-corrected chi connectivity index (χ4v) is 1.20. The molecule has 0 radical (unpaired) electrons. The molecule has 0 saturated carbocycles. The lowest BCUT2D eigenvalue weighted by molar-refractivity contribution is 0.151. The second-order valence-electron chi connectivity index (χ2n) is 3.83. The first-order valence-corrected chi connectivity index (χ1v) is 4.63. The van der Waals surface area contributed by atoms with Gasteiger partial charge in [-0.2, -0.15) is 0 Å². The summed E-state index contributed by atoms with van der Waals surface area (Å²) in [5.41, 5.74) is 5.29. The van der Waals surface area contributed by atoms with E-state index in [1.165, 1.54) is 0 Å². The molecule has 0 rings (SSSR count). The first kappa shape index (κ1) is 11.9. The first-order chi connectivity index (χ1) is 5.56. The number of hydrogen-bond acceptors (Lipinski definition) is 3. The zero-order valence-corrected chi connectivity index (χ0v) is 8.45. The van der Waals surface area contributed by atoms with Gasteiger partial charge >= 0.3 is 0 Å². The van der Waals surface area contributed by atoms with Crippen LogP contribution in [0.1, 0.15) is 20.3 Å². The molecular formula is C9H22N2O. The van der Waals surface area contributed by atoms with E-state index in [0.29, 0.717) is 12.5 Å². The van der Waals surface area contributed by atoms with E-state index in [2.05, 4.69) is 25.8 Å². The van der Waals surface area contributed by atoms with Gasteiger partial charge in [-0.15, -0.1) is 0 Å². The van der Waals surface area contributed by atoms with E-state index in [1.807, 2.05) is 0 Å². The molecule has 0 aliphatic rings. The average molecular weight is 174 g/mol. The van der Waals surface area contributed by atoms with Crippen molar-refractivity contribution in [2.75, 3.05) is 26.7 Å². The van der Waals surface area contributed by atoms with E-state index in [1.54, 1.807) is 0 Å². The van der Waals surface area contributed by atoms with Crippen LogP contribution < -0.4 is 5.73 Å². The van der Waals surface area contributed by atoms with Gasteiger partial charge in [-0.1, -0.05) is 13.8 Å². The van der Waals surface area contributed by atoms with Crippen molar-refractivity contribution in [1.82, 2.24) is 4.90 Å². The monoisotopic (exact) mass is 174 g/mol. The van der Waals surface area contributed by atoms with Gasteiger partial charge in [-0.05, 0) is 19.4 Å². The molecule has 0 aliphatic heterocycles. The molecule has 12 heavy (non-hydrogen) atoms. The van der Waals surface area contributed by atoms with Crippen LogP contribution in [-0.4, -0.2) is 42.8 Å². The van der Waals surface area contributed by atoms with Crippen molar-refractivity contribution in [2.45, 2.75) is 26.4 Å². The van der Waals surface area contributed by atoms with Gasteiger partial charge < -0.3 is 15.7 Å². The smallest absolute Gasteiger partial charge is 0.0674 e. The fraction of sp³-hybridized carbons (Fsp3) is 1.00. The van der Waals surface area contributed by atoms with Crippen molar-refractivity contribution in [3.63, 3.8) is 0 Å².